The van der Waals surface area contributed by atoms with E-state index in [1.807, 2.05) is 0 Å². The number of nitrogens with zero attached hydrogens (tertiary/aromatic N) is 6. The molecule has 0 atom stereocenters. The molecule has 120 heavy (non-hydrogen) atoms. The molecule has 0 aliphatic rings. The summed E-state index contributed by atoms with van der Waals surface area (Å²) in [5.41, 5.74) is 29.3. The van der Waals surface area contributed by atoms with Gasteiger partial charge in [-0.3, -0.25) is 0 Å². The molecule has 0 saturated heterocycles. The Labute approximate surface area is 690 Å². The predicted octanol–water partition coefficient (Wildman–Crippen LogP) is 31.5. The first-order chi connectivity index (χ1) is 58.1. The van der Waals surface area contributed by atoms with Gasteiger partial charge in [0.25, 0.3) is 0 Å². The van der Waals surface area contributed by atoms with Crippen LogP contribution in [0.1, 0.15) is 105 Å². The first-order valence-electron chi connectivity index (χ1n) is 42.9. The lowest BCUT2D eigenvalue weighted by atomic mass is 9.84. The highest BCUT2D eigenvalue weighted by molar-refractivity contribution is 6.34. The molecule has 0 aliphatic heterocycles. The molecular formula is C114H84N6. The Morgan fingerprint density at radius 2 is 0.325 bits per heavy atom. The Balaban J connectivity index is 0.0000000968. The molecule has 6 heteroatoms. The molecule has 570 valence electrons. The van der Waals surface area contributed by atoms with Crippen molar-refractivity contribution in [2.24, 2.45) is 0 Å². The van der Waals surface area contributed by atoms with E-state index in [1.54, 1.807) is 0 Å². The standard InChI is InChI=1S/C46H48N2.C38H20N2.C30H16N2/c1-43(2,3)25-13-15-37-29(17-25)33-19-27(45(7,8)9)21-35-31-24-40-32(23-39(31)47(37)41(33)35)36-22-28(46(10,11)12)20-34-30-18-26(44(4,5)6)14-16-38(30)48(40)42(34)36;1-3-9-23-17-33-29(15-21(23)7-1)25-11-5-13-27-31-20-36-32(19-35(31)39(33)37(25)27)28-14-6-12-26-30-16-22-8-2-4-10-24(22)18-34(30)40(36)38(26)28;1-3-13-25-17(7-1)19-9-5-11-21-23-16-28-24(15-27(23)31(25)29(19)21)22-12-6-10-20-18-8-2-4-14-26(18)32(28)30(20)22/h13-24H,1-12H3;1-20H;1-16H. The van der Waals surface area contributed by atoms with Gasteiger partial charge in [0.2, 0.25) is 0 Å². The molecule has 0 unspecified atom stereocenters. The zero-order valence-corrected chi connectivity index (χ0v) is 69.4. The summed E-state index contributed by atoms with van der Waals surface area (Å²) in [5.74, 6) is 0. The fourth-order valence-corrected chi connectivity index (χ4v) is 22.6. The number of aromatic nitrogens is 6. The highest BCUT2D eigenvalue weighted by atomic mass is 15.0. The van der Waals surface area contributed by atoms with Crippen molar-refractivity contribution in [1.29, 1.82) is 0 Å². The van der Waals surface area contributed by atoms with Gasteiger partial charge in [0.05, 0.1) is 99.3 Å². The molecule has 29 rings (SSSR count). The van der Waals surface area contributed by atoms with Crippen LogP contribution in [-0.4, -0.2) is 26.4 Å². The van der Waals surface area contributed by atoms with E-state index in [0.29, 0.717) is 0 Å². The average Bonchev–Trinajstić information content (AvgIpc) is 1.48. The van der Waals surface area contributed by atoms with Crippen molar-refractivity contribution in [3.8, 4) is 0 Å². The first-order valence-corrected chi connectivity index (χ1v) is 42.9. The monoisotopic (exact) mass is 1540 g/mol. The summed E-state index contributed by atoms with van der Waals surface area (Å²) < 4.78 is 15.1. The van der Waals surface area contributed by atoms with E-state index in [1.165, 1.54) is 272 Å². The van der Waals surface area contributed by atoms with Gasteiger partial charge in [-0.2, -0.15) is 0 Å². The van der Waals surface area contributed by atoms with Crippen LogP contribution in [0.25, 0.3) is 250 Å². The summed E-state index contributed by atoms with van der Waals surface area (Å²) in [6.07, 6.45) is 0. The van der Waals surface area contributed by atoms with Crippen LogP contribution >= 0.6 is 0 Å². The Morgan fingerprint density at radius 3 is 0.617 bits per heavy atom. The molecule has 29 aromatic rings. The summed E-state index contributed by atoms with van der Waals surface area (Å²) in [5, 5.41) is 37.3. The predicted molar refractivity (Wildman–Crippen MR) is 517 cm³/mol. The van der Waals surface area contributed by atoms with Gasteiger partial charge < -0.3 is 26.4 Å². The summed E-state index contributed by atoms with van der Waals surface area (Å²) in [7, 11) is 0. The van der Waals surface area contributed by atoms with Crippen molar-refractivity contribution < 1.29 is 0 Å². The third-order valence-electron chi connectivity index (χ3n) is 28.4. The third kappa shape index (κ3) is 8.53. The van der Waals surface area contributed by atoms with Crippen molar-refractivity contribution in [1.82, 2.24) is 26.4 Å². The molecule has 0 aliphatic carbocycles. The van der Waals surface area contributed by atoms with E-state index < -0.39 is 0 Å². The fourth-order valence-electron chi connectivity index (χ4n) is 22.6. The van der Waals surface area contributed by atoms with Gasteiger partial charge in [0.1, 0.15) is 0 Å². The minimum atomic E-state index is 0.0351. The molecule has 17 aromatic carbocycles. The average molecular weight is 1540 g/mol. The number of benzene rings is 17. The van der Waals surface area contributed by atoms with Crippen LogP contribution in [-0.2, 0) is 21.7 Å². The molecular weight excluding hydrogens is 1450 g/mol. The lowest BCUT2D eigenvalue weighted by Gasteiger charge is -2.20. The van der Waals surface area contributed by atoms with Crippen LogP contribution in [0.2, 0.25) is 0 Å². The van der Waals surface area contributed by atoms with Gasteiger partial charge >= 0.3 is 0 Å². The van der Waals surface area contributed by atoms with Crippen LogP contribution in [0.5, 0.6) is 0 Å². The highest BCUT2D eigenvalue weighted by Crippen LogP contribution is 2.52. The highest BCUT2D eigenvalue weighted by Gasteiger charge is 2.31. The van der Waals surface area contributed by atoms with Crippen molar-refractivity contribution >= 4 is 250 Å². The molecule has 0 N–H and O–H groups in total. The molecule has 0 radical (unpaired) electrons. The van der Waals surface area contributed by atoms with E-state index in [0.717, 1.165) is 0 Å². The van der Waals surface area contributed by atoms with Crippen LogP contribution in [0.4, 0.5) is 0 Å². The van der Waals surface area contributed by atoms with Crippen LogP contribution in [0, 0.1) is 0 Å². The largest absolute Gasteiger partial charge is 0.308 e. The SMILES string of the molecule is CC(C)(C)c1ccc2c(c1)c1cc(C(C)(C)C)cc3c4cc5c(cc4n2c13)c1cc(C(C)(C)C)cc2c3cc(C(C)(C)C)ccc3n5c21.c1ccc2c(c1)c1cccc3c4cc5c(cc4n2c13)c1cccc2c3ccccc3n5c21.c1ccc2cc3c(cc2c1)c1cccc2c4cc5c(cc4n3c12)c1cccc2c3cc4ccccc4cc3n5c21. The topological polar surface area (TPSA) is 26.5 Å². The second-order valence-electron chi connectivity index (χ2n) is 39.3. The minimum absolute atomic E-state index is 0.0351. The van der Waals surface area contributed by atoms with E-state index in [4.69, 9.17) is 0 Å². The van der Waals surface area contributed by atoms with Crippen LogP contribution in [0.15, 0.2) is 291 Å². The molecule has 6 nitrogen and oxygen atoms in total. The Hall–Kier alpha value is -13.9. The summed E-state index contributed by atoms with van der Waals surface area (Å²) >= 11 is 0. The van der Waals surface area contributed by atoms with E-state index in [-0.39, 0.29) is 21.7 Å². The normalized spacial score (nSPS) is 13.5. The van der Waals surface area contributed by atoms with Gasteiger partial charge in [-0.1, -0.05) is 253 Å². The summed E-state index contributed by atoms with van der Waals surface area (Å²) in [6.45, 7) is 28.0. The number of hydrogen-bond donors (Lipinski definition) is 0. The van der Waals surface area contributed by atoms with E-state index in [9.17, 15) is 0 Å². The fraction of sp³-hybridized carbons (Fsp3) is 0.140. The van der Waals surface area contributed by atoms with Crippen molar-refractivity contribution in [3.63, 3.8) is 0 Å². The van der Waals surface area contributed by atoms with Crippen molar-refractivity contribution in [2.45, 2.75) is 105 Å². The second kappa shape index (κ2) is 22.3. The molecule has 0 fully saturated rings. The van der Waals surface area contributed by atoms with Crippen LogP contribution in [0.3, 0.4) is 0 Å². The minimum Gasteiger partial charge on any atom is -0.308 e. The van der Waals surface area contributed by atoms with Gasteiger partial charge in [-0.15, -0.1) is 0 Å². The number of hydrogen-bond acceptors (Lipinski definition) is 0. The molecule has 0 amide bonds. The van der Waals surface area contributed by atoms with Gasteiger partial charge in [0, 0.05) is 129 Å². The first kappa shape index (κ1) is 67.1. The van der Waals surface area contributed by atoms with Crippen molar-refractivity contribution in [2.75, 3.05) is 0 Å². The maximum absolute atomic E-state index is 2.57. The lowest BCUT2D eigenvalue weighted by Crippen LogP contribution is -2.11. The van der Waals surface area contributed by atoms with Crippen molar-refractivity contribution in [3.05, 3.63) is 313 Å². The zero-order valence-electron chi connectivity index (χ0n) is 69.4. The molecule has 12 aromatic heterocycles. The summed E-state index contributed by atoms with van der Waals surface area (Å²) in [4.78, 5) is 0. The molecule has 12 heterocycles. The Morgan fingerprint density at radius 1 is 0.133 bits per heavy atom. The Kier molecular flexibility index (Phi) is 12.5. The Bertz CT molecular complexity index is 9030. The summed E-state index contributed by atoms with van der Waals surface area (Å²) in [6, 6.07) is 111. The second-order valence-corrected chi connectivity index (χ2v) is 39.3. The van der Waals surface area contributed by atoms with Crippen LogP contribution < -0.4 is 0 Å². The quantitative estimate of drug-likeness (QED) is 0.145. The molecule has 0 bridgehead atoms. The zero-order chi connectivity index (χ0) is 80.3. The molecule has 0 spiro atoms. The van der Waals surface area contributed by atoms with Gasteiger partial charge in [-0.05, 0) is 187 Å². The van der Waals surface area contributed by atoms with E-state index in [2.05, 4.69) is 401 Å². The molecule has 0 saturated carbocycles. The smallest absolute Gasteiger partial charge is 0.0620 e. The number of rotatable bonds is 0. The van der Waals surface area contributed by atoms with Gasteiger partial charge in [0.15, 0.2) is 0 Å². The maximum Gasteiger partial charge on any atom is 0.0620 e. The third-order valence-corrected chi connectivity index (χ3v) is 28.4. The van der Waals surface area contributed by atoms with E-state index >= 15 is 0 Å². The number of fused-ring (bicyclic) bond motifs is 38. The maximum atomic E-state index is 2.57. The number of para-hydroxylation sites is 6. The lowest BCUT2D eigenvalue weighted by molar-refractivity contribution is 0.590. The van der Waals surface area contributed by atoms with Gasteiger partial charge in [-0.25, -0.2) is 0 Å².